The fourth-order valence-corrected chi connectivity index (χ4v) is 5.06. The van der Waals surface area contributed by atoms with Gasteiger partial charge < -0.3 is 9.47 Å². The highest BCUT2D eigenvalue weighted by Gasteiger charge is 2.63. The molecule has 2 saturated heterocycles. The summed E-state index contributed by atoms with van der Waals surface area (Å²) in [6.45, 7) is 10.0. The van der Waals surface area contributed by atoms with Crippen LogP contribution in [0.5, 0.6) is 0 Å². The topological polar surface area (TPSA) is 52.6 Å². The van der Waals surface area contributed by atoms with Gasteiger partial charge in [0.15, 0.2) is 0 Å². The number of fused-ring (bicyclic) bond motifs is 1. The van der Waals surface area contributed by atoms with Gasteiger partial charge in [0.25, 0.3) is 0 Å². The van der Waals surface area contributed by atoms with E-state index in [2.05, 4.69) is 6.92 Å². The fourth-order valence-electron chi connectivity index (χ4n) is 5.06. The number of hydrogen-bond acceptors (Lipinski definition) is 4. The molecule has 2 aliphatic carbocycles. The van der Waals surface area contributed by atoms with Crippen LogP contribution in [0, 0.1) is 16.2 Å². The summed E-state index contributed by atoms with van der Waals surface area (Å²) >= 11 is 0. The zero-order valence-corrected chi connectivity index (χ0v) is 14.5. The van der Waals surface area contributed by atoms with Crippen LogP contribution in [0.2, 0.25) is 0 Å². The van der Waals surface area contributed by atoms with Gasteiger partial charge in [-0.15, -0.1) is 0 Å². The van der Waals surface area contributed by atoms with Crippen LogP contribution in [0.4, 0.5) is 0 Å². The lowest BCUT2D eigenvalue weighted by atomic mass is 9.53. The van der Waals surface area contributed by atoms with Gasteiger partial charge in [0.05, 0.1) is 10.8 Å². The smallest absolute Gasteiger partial charge is 0.312 e. The SMILES string of the molecule is CCC(C)(C)C(=O)OC12CC3CC(C)(C1)CC(C)(C2)C(=O)O3. The normalized spacial score (nSPS) is 43.7. The predicted molar refractivity (Wildman–Crippen MR) is 82.1 cm³/mol. The molecule has 0 spiro atoms. The van der Waals surface area contributed by atoms with Crippen LogP contribution in [0.3, 0.4) is 0 Å². The zero-order chi connectivity index (χ0) is 16.4. The Labute approximate surface area is 132 Å². The maximum atomic E-state index is 12.6. The number of esters is 2. The Kier molecular flexibility index (Phi) is 3.22. The standard InChI is InChI=1S/C18H28O4/c1-6-15(2,3)13(19)22-18-8-12-7-16(4,10-18)9-17(5,11-18)14(20)21-12/h12H,6-11H2,1-5H3. The molecular weight excluding hydrogens is 280 g/mol. The van der Waals surface area contributed by atoms with Gasteiger partial charge in [-0.1, -0.05) is 13.8 Å². The van der Waals surface area contributed by atoms with E-state index in [0.29, 0.717) is 12.8 Å². The molecule has 124 valence electrons. The molecule has 4 bridgehead atoms. The van der Waals surface area contributed by atoms with Crippen molar-refractivity contribution >= 4 is 11.9 Å². The summed E-state index contributed by atoms with van der Waals surface area (Å²) in [6, 6.07) is 0. The first-order chi connectivity index (χ1) is 10.0. The van der Waals surface area contributed by atoms with E-state index in [1.54, 1.807) is 0 Å². The van der Waals surface area contributed by atoms with Gasteiger partial charge in [-0.3, -0.25) is 9.59 Å². The van der Waals surface area contributed by atoms with Gasteiger partial charge in [-0.05, 0) is 51.9 Å². The second-order valence-electron chi connectivity index (χ2n) is 9.15. The van der Waals surface area contributed by atoms with Gasteiger partial charge >= 0.3 is 11.9 Å². The van der Waals surface area contributed by atoms with Crippen molar-refractivity contribution in [1.82, 2.24) is 0 Å². The molecule has 4 unspecified atom stereocenters. The summed E-state index contributed by atoms with van der Waals surface area (Å²) in [5.41, 5.74) is -1.50. The number of rotatable bonds is 3. The van der Waals surface area contributed by atoms with Crippen molar-refractivity contribution < 1.29 is 19.1 Å². The Morgan fingerprint density at radius 1 is 1.27 bits per heavy atom. The van der Waals surface area contributed by atoms with Crippen molar-refractivity contribution in [2.24, 2.45) is 16.2 Å². The van der Waals surface area contributed by atoms with E-state index < -0.39 is 16.4 Å². The van der Waals surface area contributed by atoms with Crippen molar-refractivity contribution in [3.63, 3.8) is 0 Å². The molecule has 4 rings (SSSR count). The number of carbonyl (C=O) groups is 2. The zero-order valence-electron chi connectivity index (χ0n) is 14.5. The Bertz CT molecular complexity index is 525. The Morgan fingerprint density at radius 3 is 2.59 bits per heavy atom. The molecule has 2 aliphatic heterocycles. The van der Waals surface area contributed by atoms with Crippen molar-refractivity contribution in [3.8, 4) is 0 Å². The average Bonchev–Trinajstić information content (AvgIpc) is 2.45. The second kappa shape index (κ2) is 4.48. The maximum Gasteiger partial charge on any atom is 0.312 e. The third kappa shape index (κ3) is 2.35. The van der Waals surface area contributed by atoms with Gasteiger partial charge in [0, 0.05) is 12.8 Å². The quantitative estimate of drug-likeness (QED) is 0.747. The van der Waals surface area contributed by atoms with E-state index in [9.17, 15) is 9.59 Å². The summed E-state index contributed by atoms with van der Waals surface area (Å²) in [7, 11) is 0. The third-order valence-electron chi connectivity index (χ3n) is 6.11. The molecule has 2 saturated carbocycles. The molecule has 4 heteroatoms. The monoisotopic (exact) mass is 308 g/mol. The molecule has 0 aromatic rings. The van der Waals surface area contributed by atoms with E-state index in [4.69, 9.17) is 9.47 Å². The summed E-state index contributed by atoms with van der Waals surface area (Å²) in [4.78, 5) is 25.1. The lowest BCUT2D eigenvalue weighted by molar-refractivity contribution is -0.194. The molecule has 4 aliphatic rings. The summed E-state index contributed by atoms with van der Waals surface area (Å²) in [5.74, 6) is -0.245. The van der Waals surface area contributed by atoms with Gasteiger partial charge in [0.1, 0.15) is 11.7 Å². The lowest BCUT2D eigenvalue weighted by Crippen LogP contribution is -2.55. The molecule has 0 aromatic carbocycles. The number of ether oxygens (including phenoxy) is 2. The minimum Gasteiger partial charge on any atom is -0.462 e. The first kappa shape index (κ1) is 15.8. The Balaban J connectivity index is 1.94. The highest BCUT2D eigenvalue weighted by molar-refractivity contribution is 5.79. The van der Waals surface area contributed by atoms with Crippen LogP contribution < -0.4 is 0 Å². The molecule has 22 heavy (non-hydrogen) atoms. The highest BCUT2D eigenvalue weighted by Crippen LogP contribution is 2.62. The Hall–Kier alpha value is -1.06. The van der Waals surface area contributed by atoms with Crippen molar-refractivity contribution in [1.29, 1.82) is 0 Å². The van der Waals surface area contributed by atoms with Gasteiger partial charge in [-0.2, -0.15) is 0 Å². The fraction of sp³-hybridized carbons (Fsp3) is 0.889. The van der Waals surface area contributed by atoms with E-state index in [0.717, 1.165) is 25.7 Å². The molecule has 4 fully saturated rings. The van der Waals surface area contributed by atoms with E-state index in [-0.39, 0.29) is 23.5 Å². The largest absolute Gasteiger partial charge is 0.462 e. The molecule has 0 radical (unpaired) electrons. The average molecular weight is 308 g/mol. The van der Waals surface area contributed by atoms with E-state index in [1.807, 2.05) is 27.7 Å². The van der Waals surface area contributed by atoms with Crippen molar-refractivity contribution in [2.45, 2.75) is 84.8 Å². The van der Waals surface area contributed by atoms with Crippen LogP contribution in [0.15, 0.2) is 0 Å². The third-order valence-corrected chi connectivity index (χ3v) is 6.11. The first-order valence-corrected chi connectivity index (χ1v) is 8.46. The van der Waals surface area contributed by atoms with Crippen molar-refractivity contribution in [2.75, 3.05) is 0 Å². The summed E-state index contributed by atoms with van der Waals surface area (Å²) in [5, 5.41) is 0. The molecule has 4 atom stereocenters. The lowest BCUT2D eigenvalue weighted by Gasteiger charge is -2.54. The summed E-state index contributed by atoms with van der Waals surface area (Å²) < 4.78 is 11.8. The Morgan fingerprint density at radius 2 is 1.95 bits per heavy atom. The van der Waals surface area contributed by atoms with E-state index >= 15 is 0 Å². The number of hydrogen-bond donors (Lipinski definition) is 0. The highest BCUT2D eigenvalue weighted by atomic mass is 16.6. The van der Waals surface area contributed by atoms with Crippen LogP contribution >= 0.6 is 0 Å². The van der Waals surface area contributed by atoms with Crippen molar-refractivity contribution in [3.05, 3.63) is 0 Å². The van der Waals surface area contributed by atoms with Crippen LogP contribution in [-0.4, -0.2) is 23.6 Å². The first-order valence-electron chi connectivity index (χ1n) is 8.46. The molecule has 4 nitrogen and oxygen atoms in total. The van der Waals surface area contributed by atoms with Gasteiger partial charge in [0.2, 0.25) is 0 Å². The van der Waals surface area contributed by atoms with E-state index in [1.165, 1.54) is 0 Å². The minimum absolute atomic E-state index is 0.0265. The van der Waals surface area contributed by atoms with Crippen LogP contribution in [0.25, 0.3) is 0 Å². The second-order valence-corrected chi connectivity index (χ2v) is 9.15. The molecule has 0 N–H and O–H groups in total. The van der Waals surface area contributed by atoms with Crippen LogP contribution in [0.1, 0.15) is 73.1 Å². The predicted octanol–water partition coefficient (Wildman–Crippen LogP) is 3.62. The van der Waals surface area contributed by atoms with Gasteiger partial charge in [-0.25, -0.2) is 0 Å². The molecule has 0 aromatic heterocycles. The molecular formula is C18H28O4. The molecule has 0 amide bonds. The number of carbonyl (C=O) groups excluding carboxylic acids is 2. The van der Waals surface area contributed by atoms with Crippen LogP contribution in [-0.2, 0) is 19.1 Å². The minimum atomic E-state index is -0.527. The molecule has 2 heterocycles. The maximum absolute atomic E-state index is 12.6. The summed E-state index contributed by atoms with van der Waals surface area (Å²) in [6.07, 6.45) is 4.50.